The van der Waals surface area contributed by atoms with Gasteiger partial charge in [0.25, 0.3) is 0 Å². The van der Waals surface area contributed by atoms with Crippen molar-refractivity contribution in [3.63, 3.8) is 0 Å². The van der Waals surface area contributed by atoms with Gasteiger partial charge in [0.15, 0.2) is 5.78 Å². The lowest BCUT2D eigenvalue weighted by Gasteiger charge is -2.00. The lowest BCUT2D eigenvalue weighted by Crippen LogP contribution is -1.99. The monoisotopic (exact) mass is 262 g/mol. The summed E-state index contributed by atoms with van der Waals surface area (Å²) >= 11 is 3.25. The molecule has 0 bridgehead atoms. The summed E-state index contributed by atoms with van der Waals surface area (Å²) in [7, 11) is 0. The summed E-state index contributed by atoms with van der Waals surface area (Å²) in [6, 6.07) is 14.2. The molecule has 1 aromatic carbocycles. The van der Waals surface area contributed by atoms with Crippen molar-refractivity contribution in [1.82, 2.24) is 0 Å². The van der Waals surface area contributed by atoms with Gasteiger partial charge in [0.2, 0.25) is 0 Å². The van der Waals surface area contributed by atoms with Gasteiger partial charge in [0.05, 0.1) is 10.6 Å². The van der Waals surface area contributed by atoms with Gasteiger partial charge < -0.3 is 0 Å². The molecule has 0 spiro atoms. The first-order valence-corrected chi connectivity index (χ1v) is 7.44. The number of carbonyl (C=O) groups is 1. The number of thiophene rings is 1. The van der Waals surface area contributed by atoms with E-state index in [0.29, 0.717) is 5.75 Å². The van der Waals surface area contributed by atoms with Crippen molar-refractivity contribution in [2.75, 3.05) is 5.75 Å². The Morgan fingerprint density at radius 3 is 2.59 bits per heavy atom. The van der Waals surface area contributed by atoms with Crippen molar-refractivity contribution in [3.05, 3.63) is 57.8 Å². The summed E-state index contributed by atoms with van der Waals surface area (Å²) in [5.74, 6) is 1.70. The molecule has 0 fully saturated rings. The largest absolute Gasteiger partial charge is 0.292 e. The fourth-order valence-electron chi connectivity index (χ4n) is 1.49. The van der Waals surface area contributed by atoms with E-state index in [1.807, 2.05) is 37.3 Å². The van der Waals surface area contributed by atoms with Crippen LogP contribution in [0.25, 0.3) is 0 Å². The highest BCUT2D eigenvalue weighted by Crippen LogP contribution is 2.19. The van der Waals surface area contributed by atoms with Crippen molar-refractivity contribution in [2.45, 2.75) is 12.7 Å². The molecule has 0 atom stereocenters. The van der Waals surface area contributed by atoms with Crippen molar-refractivity contribution in [2.24, 2.45) is 0 Å². The summed E-state index contributed by atoms with van der Waals surface area (Å²) in [5, 5.41) is 0. The molecule has 88 valence electrons. The molecule has 0 unspecified atom stereocenters. The summed E-state index contributed by atoms with van der Waals surface area (Å²) in [6.45, 7) is 2.03. The van der Waals surface area contributed by atoms with E-state index in [4.69, 9.17) is 0 Å². The van der Waals surface area contributed by atoms with Gasteiger partial charge in [0.1, 0.15) is 0 Å². The first kappa shape index (κ1) is 12.4. The Kier molecular flexibility index (Phi) is 4.40. The Labute approximate surface area is 110 Å². The van der Waals surface area contributed by atoms with E-state index in [2.05, 4.69) is 12.1 Å². The number of carbonyl (C=O) groups excluding carboxylic acids is 1. The predicted octanol–water partition coefficient (Wildman–Crippen LogP) is 4.17. The minimum atomic E-state index is 0.240. The molecule has 1 nitrogen and oxygen atoms in total. The molecule has 0 aliphatic carbocycles. The number of ketones is 1. The molecule has 0 aliphatic rings. The van der Waals surface area contributed by atoms with Crippen molar-refractivity contribution in [3.8, 4) is 0 Å². The number of hydrogen-bond donors (Lipinski definition) is 0. The summed E-state index contributed by atoms with van der Waals surface area (Å²) < 4.78 is 0. The normalized spacial score (nSPS) is 10.4. The lowest BCUT2D eigenvalue weighted by molar-refractivity contribution is 0.102. The van der Waals surface area contributed by atoms with Crippen LogP contribution in [0.5, 0.6) is 0 Å². The van der Waals surface area contributed by atoms with Crippen LogP contribution in [0.15, 0.2) is 42.5 Å². The summed E-state index contributed by atoms with van der Waals surface area (Å²) in [4.78, 5) is 13.9. The van der Waals surface area contributed by atoms with Crippen LogP contribution in [0, 0.1) is 6.92 Å². The van der Waals surface area contributed by atoms with Crippen molar-refractivity contribution in [1.29, 1.82) is 0 Å². The van der Waals surface area contributed by atoms with E-state index < -0.39 is 0 Å². The van der Waals surface area contributed by atoms with Gasteiger partial charge in [-0.3, -0.25) is 4.79 Å². The maximum Gasteiger partial charge on any atom is 0.182 e. The molecule has 0 radical (unpaired) electrons. The molecule has 1 heterocycles. The predicted molar refractivity (Wildman–Crippen MR) is 76.0 cm³/mol. The highest BCUT2D eigenvalue weighted by molar-refractivity contribution is 7.99. The zero-order chi connectivity index (χ0) is 12.1. The molecule has 0 N–H and O–H groups in total. The van der Waals surface area contributed by atoms with Crippen LogP contribution in [0.3, 0.4) is 0 Å². The van der Waals surface area contributed by atoms with E-state index in [-0.39, 0.29) is 5.78 Å². The average Bonchev–Trinajstić information content (AvgIpc) is 2.77. The Morgan fingerprint density at radius 2 is 1.94 bits per heavy atom. The molecule has 17 heavy (non-hydrogen) atoms. The number of rotatable bonds is 5. The number of Topliss-reactive ketones (excluding diaryl/α,β-unsaturated/α-hetero) is 1. The van der Waals surface area contributed by atoms with Gasteiger partial charge in [-0.1, -0.05) is 30.3 Å². The number of thioether (sulfide) groups is 1. The van der Waals surface area contributed by atoms with Crippen molar-refractivity contribution >= 4 is 28.9 Å². The van der Waals surface area contributed by atoms with Crippen LogP contribution >= 0.6 is 23.1 Å². The van der Waals surface area contributed by atoms with Gasteiger partial charge in [0, 0.05) is 10.6 Å². The molecule has 0 amide bonds. The van der Waals surface area contributed by atoms with E-state index in [0.717, 1.165) is 10.6 Å². The Morgan fingerprint density at radius 1 is 1.18 bits per heavy atom. The van der Waals surface area contributed by atoms with Crippen LogP contribution in [-0.4, -0.2) is 11.5 Å². The van der Waals surface area contributed by atoms with Crippen LogP contribution in [0.4, 0.5) is 0 Å². The Hall–Kier alpha value is -1.06. The Bertz CT molecular complexity index is 488. The highest BCUT2D eigenvalue weighted by Gasteiger charge is 2.07. The van der Waals surface area contributed by atoms with E-state index in [1.165, 1.54) is 10.4 Å². The number of benzene rings is 1. The number of hydrogen-bond acceptors (Lipinski definition) is 3. The van der Waals surface area contributed by atoms with Gasteiger partial charge in [-0.15, -0.1) is 23.1 Å². The van der Waals surface area contributed by atoms with Crippen LogP contribution < -0.4 is 0 Å². The third-order valence-corrected chi connectivity index (χ3v) is 4.41. The second-order valence-electron chi connectivity index (χ2n) is 3.81. The molecule has 0 saturated heterocycles. The summed E-state index contributed by atoms with van der Waals surface area (Å²) in [5.41, 5.74) is 1.27. The second-order valence-corrected chi connectivity index (χ2v) is 6.09. The smallest absolute Gasteiger partial charge is 0.182 e. The van der Waals surface area contributed by atoms with Crippen LogP contribution in [-0.2, 0) is 5.75 Å². The SMILES string of the molecule is Cc1ccc(C(=O)CSCc2ccccc2)s1. The van der Waals surface area contributed by atoms with E-state index >= 15 is 0 Å². The van der Waals surface area contributed by atoms with Crippen LogP contribution in [0.2, 0.25) is 0 Å². The second kappa shape index (κ2) is 6.03. The average molecular weight is 262 g/mol. The molecule has 0 saturated carbocycles. The standard InChI is InChI=1S/C14H14OS2/c1-11-7-8-14(17-11)13(15)10-16-9-12-5-3-2-4-6-12/h2-8H,9-10H2,1H3. The molecule has 1 aromatic heterocycles. The molecule has 0 aliphatic heterocycles. The van der Waals surface area contributed by atoms with Gasteiger partial charge >= 0.3 is 0 Å². The fraction of sp³-hybridized carbons (Fsp3) is 0.214. The zero-order valence-electron chi connectivity index (χ0n) is 9.68. The minimum Gasteiger partial charge on any atom is -0.292 e. The first-order chi connectivity index (χ1) is 8.25. The first-order valence-electron chi connectivity index (χ1n) is 5.47. The maximum atomic E-state index is 11.8. The molecular weight excluding hydrogens is 248 g/mol. The van der Waals surface area contributed by atoms with Crippen LogP contribution in [0.1, 0.15) is 20.1 Å². The van der Waals surface area contributed by atoms with Gasteiger partial charge in [-0.25, -0.2) is 0 Å². The van der Waals surface area contributed by atoms with Crippen molar-refractivity contribution < 1.29 is 4.79 Å². The third-order valence-electron chi connectivity index (χ3n) is 2.36. The fourth-order valence-corrected chi connectivity index (χ4v) is 3.26. The third kappa shape index (κ3) is 3.72. The van der Waals surface area contributed by atoms with E-state index in [1.54, 1.807) is 23.1 Å². The summed E-state index contributed by atoms with van der Waals surface area (Å²) in [6.07, 6.45) is 0. The topological polar surface area (TPSA) is 17.1 Å². The van der Waals surface area contributed by atoms with Gasteiger partial charge in [-0.05, 0) is 24.6 Å². The molecule has 3 heteroatoms. The van der Waals surface area contributed by atoms with E-state index in [9.17, 15) is 4.79 Å². The van der Waals surface area contributed by atoms with Gasteiger partial charge in [-0.2, -0.15) is 0 Å². The maximum absolute atomic E-state index is 11.8. The number of aryl methyl sites for hydroxylation is 1. The molecule has 2 aromatic rings. The minimum absolute atomic E-state index is 0.240. The molecule has 2 rings (SSSR count). The highest BCUT2D eigenvalue weighted by atomic mass is 32.2. The molecular formula is C14H14OS2. The Balaban J connectivity index is 1.81. The zero-order valence-corrected chi connectivity index (χ0v) is 11.3. The quantitative estimate of drug-likeness (QED) is 0.752. The lowest BCUT2D eigenvalue weighted by atomic mass is 10.2.